The van der Waals surface area contributed by atoms with Crippen LogP contribution in [0.2, 0.25) is 0 Å². The number of ether oxygens (including phenoxy) is 1. The van der Waals surface area contributed by atoms with Gasteiger partial charge in [-0.15, -0.1) is 0 Å². The second kappa shape index (κ2) is 11.5. The Balaban J connectivity index is 1.39. The zero-order valence-corrected chi connectivity index (χ0v) is 20.9. The van der Waals surface area contributed by atoms with Gasteiger partial charge in [0.1, 0.15) is 11.6 Å². The molecule has 0 bridgehead atoms. The molecule has 1 aromatic heterocycles. The van der Waals surface area contributed by atoms with Gasteiger partial charge >= 0.3 is 0 Å². The summed E-state index contributed by atoms with van der Waals surface area (Å²) in [6.07, 6.45) is 7.58. The van der Waals surface area contributed by atoms with Gasteiger partial charge in [0.05, 0.1) is 23.7 Å². The topological polar surface area (TPSA) is 56.1 Å². The summed E-state index contributed by atoms with van der Waals surface area (Å²) in [5.74, 6) is 2.73. The summed E-state index contributed by atoms with van der Waals surface area (Å²) < 4.78 is 8.27. The number of hydrogen-bond donors (Lipinski definition) is 1. The van der Waals surface area contributed by atoms with Crippen LogP contribution in [-0.4, -0.2) is 22.1 Å². The summed E-state index contributed by atoms with van der Waals surface area (Å²) in [5, 5.41) is 3.25. The lowest BCUT2D eigenvalue weighted by molar-refractivity contribution is -0.126. The fourth-order valence-electron chi connectivity index (χ4n) is 4.96. The van der Waals surface area contributed by atoms with Crippen LogP contribution in [-0.2, 0) is 11.3 Å². The Labute approximate surface area is 203 Å². The summed E-state index contributed by atoms with van der Waals surface area (Å²) in [4.78, 5) is 17.7. The number of carbonyl (C=O) groups excluding carboxylic acids is 1. The van der Waals surface area contributed by atoms with E-state index in [9.17, 15) is 4.79 Å². The number of fused-ring (bicyclic) bond motifs is 1. The molecule has 0 aliphatic heterocycles. The summed E-state index contributed by atoms with van der Waals surface area (Å²) in [5.41, 5.74) is 3.43. The third-order valence-electron chi connectivity index (χ3n) is 7.26. The summed E-state index contributed by atoms with van der Waals surface area (Å²) >= 11 is 0. The normalized spacial score (nSPS) is 16.3. The second-order valence-electron chi connectivity index (χ2n) is 9.76. The standard InChI is InChI=1S/C29H39N3O2/c1-4-21(2)23-15-17-25(18-16-23)34-20-10-19-32-27-14-9-8-13-26(27)31-28(32)22(3)30-29(33)24-11-6-5-7-12-24/h8-9,13-18,21-22,24H,4-7,10-12,19-20H2,1-3H3,(H,30,33). The van der Waals surface area contributed by atoms with Gasteiger partial charge in [-0.1, -0.05) is 57.4 Å². The number of aromatic nitrogens is 2. The van der Waals surface area contributed by atoms with Crippen LogP contribution in [0.3, 0.4) is 0 Å². The van der Waals surface area contributed by atoms with Crippen molar-refractivity contribution in [1.82, 2.24) is 14.9 Å². The summed E-state index contributed by atoms with van der Waals surface area (Å²) in [6, 6.07) is 16.6. The number of rotatable bonds is 10. The number of para-hydroxylation sites is 2. The molecule has 4 rings (SSSR count). The van der Waals surface area contributed by atoms with Crippen LogP contribution in [0.4, 0.5) is 0 Å². The first-order chi connectivity index (χ1) is 16.6. The smallest absolute Gasteiger partial charge is 0.223 e. The van der Waals surface area contributed by atoms with Crippen LogP contribution in [0.5, 0.6) is 5.75 Å². The van der Waals surface area contributed by atoms with Crippen molar-refractivity contribution < 1.29 is 9.53 Å². The molecule has 2 aromatic carbocycles. The van der Waals surface area contributed by atoms with Gasteiger partial charge in [0.15, 0.2) is 0 Å². The summed E-state index contributed by atoms with van der Waals surface area (Å²) in [6.45, 7) is 7.95. The average Bonchev–Trinajstić information content (AvgIpc) is 3.25. The number of aryl methyl sites for hydroxylation is 1. The third kappa shape index (κ3) is 5.81. The molecule has 1 N–H and O–H groups in total. The quantitative estimate of drug-likeness (QED) is 0.339. The van der Waals surface area contributed by atoms with E-state index >= 15 is 0 Å². The Hall–Kier alpha value is -2.82. The Kier molecular flexibility index (Phi) is 8.25. The van der Waals surface area contributed by atoms with Gasteiger partial charge in [0.25, 0.3) is 0 Å². The molecule has 1 fully saturated rings. The van der Waals surface area contributed by atoms with Crippen molar-refractivity contribution >= 4 is 16.9 Å². The molecule has 182 valence electrons. The van der Waals surface area contributed by atoms with Crippen molar-refractivity contribution in [2.75, 3.05) is 6.61 Å². The van der Waals surface area contributed by atoms with Crippen molar-refractivity contribution in [3.05, 3.63) is 59.9 Å². The summed E-state index contributed by atoms with van der Waals surface area (Å²) in [7, 11) is 0. The predicted molar refractivity (Wildman–Crippen MR) is 138 cm³/mol. The minimum absolute atomic E-state index is 0.129. The van der Waals surface area contributed by atoms with E-state index < -0.39 is 0 Å². The first kappa shape index (κ1) is 24.3. The molecular weight excluding hydrogens is 422 g/mol. The van der Waals surface area contributed by atoms with Crippen molar-refractivity contribution in [2.45, 2.75) is 84.2 Å². The minimum atomic E-state index is -0.129. The molecule has 5 nitrogen and oxygen atoms in total. The van der Waals surface area contributed by atoms with E-state index in [-0.39, 0.29) is 17.9 Å². The average molecular weight is 462 g/mol. The molecule has 0 spiro atoms. The van der Waals surface area contributed by atoms with Crippen LogP contribution >= 0.6 is 0 Å². The molecule has 5 heteroatoms. The highest BCUT2D eigenvalue weighted by Crippen LogP contribution is 2.26. The van der Waals surface area contributed by atoms with Gasteiger partial charge in [0, 0.05) is 12.5 Å². The highest BCUT2D eigenvalue weighted by atomic mass is 16.5. The van der Waals surface area contributed by atoms with Crippen LogP contribution < -0.4 is 10.1 Å². The fourth-order valence-corrected chi connectivity index (χ4v) is 4.96. The molecule has 1 heterocycles. The van der Waals surface area contributed by atoms with Crippen LogP contribution in [0, 0.1) is 5.92 Å². The zero-order valence-electron chi connectivity index (χ0n) is 20.9. The SMILES string of the molecule is CCC(C)c1ccc(OCCCn2c(C(C)NC(=O)C3CCCCC3)nc3ccccc32)cc1. The largest absolute Gasteiger partial charge is 0.494 e. The molecule has 2 atom stereocenters. The molecule has 0 radical (unpaired) electrons. The lowest BCUT2D eigenvalue weighted by atomic mass is 9.88. The highest BCUT2D eigenvalue weighted by Gasteiger charge is 2.24. The first-order valence-electron chi connectivity index (χ1n) is 13.0. The lowest BCUT2D eigenvalue weighted by Gasteiger charge is -2.23. The molecule has 1 saturated carbocycles. The van der Waals surface area contributed by atoms with E-state index in [0.29, 0.717) is 12.5 Å². The number of amides is 1. The van der Waals surface area contributed by atoms with Crippen LogP contribution in [0.1, 0.15) is 89.1 Å². The van der Waals surface area contributed by atoms with E-state index in [1.54, 1.807) is 0 Å². The van der Waals surface area contributed by atoms with E-state index in [2.05, 4.69) is 54.1 Å². The number of nitrogens with one attached hydrogen (secondary N) is 1. The molecule has 1 amide bonds. The molecule has 34 heavy (non-hydrogen) atoms. The van der Waals surface area contributed by atoms with Gasteiger partial charge in [-0.2, -0.15) is 0 Å². The van der Waals surface area contributed by atoms with Crippen LogP contribution in [0.15, 0.2) is 48.5 Å². The zero-order chi connectivity index (χ0) is 23.9. The lowest BCUT2D eigenvalue weighted by Crippen LogP contribution is -2.35. The maximum atomic E-state index is 12.8. The van der Waals surface area contributed by atoms with E-state index in [1.165, 1.54) is 12.0 Å². The Morgan fingerprint density at radius 2 is 1.82 bits per heavy atom. The molecule has 1 aliphatic rings. The van der Waals surface area contributed by atoms with E-state index in [0.717, 1.165) is 67.7 Å². The molecule has 2 unspecified atom stereocenters. The monoisotopic (exact) mass is 461 g/mol. The van der Waals surface area contributed by atoms with Crippen LogP contribution in [0.25, 0.3) is 11.0 Å². The van der Waals surface area contributed by atoms with Gasteiger partial charge in [-0.3, -0.25) is 4.79 Å². The van der Waals surface area contributed by atoms with E-state index in [1.807, 2.05) is 25.1 Å². The Morgan fingerprint density at radius 3 is 2.56 bits per heavy atom. The number of benzene rings is 2. The second-order valence-corrected chi connectivity index (χ2v) is 9.76. The predicted octanol–water partition coefficient (Wildman–Crippen LogP) is 6.78. The van der Waals surface area contributed by atoms with E-state index in [4.69, 9.17) is 9.72 Å². The van der Waals surface area contributed by atoms with Gasteiger partial charge in [-0.05, 0) is 68.4 Å². The van der Waals surface area contributed by atoms with Crippen molar-refractivity contribution in [2.24, 2.45) is 5.92 Å². The fraction of sp³-hybridized carbons (Fsp3) is 0.517. The van der Waals surface area contributed by atoms with Crippen molar-refractivity contribution in [3.8, 4) is 5.75 Å². The van der Waals surface area contributed by atoms with Gasteiger partial charge in [-0.25, -0.2) is 4.98 Å². The Morgan fingerprint density at radius 1 is 1.09 bits per heavy atom. The number of imidazole rings is 1. The third-order valence-corrected chi connectivity index (χ3v) is 7.26. The minimum Gasteiger partial charge on any atom is -0.494 e. The number of nitrogens with zero attached hydrogens (tertiary/aromatic N) is 2. The maximum Gasteiger partial charge on any atom is 0.223 e. The molecule has 3 aromatic rings. The van der Waals surface area contributed by atoms with Gasteiger partial charge < -0.3 is 14.6 Å². The molecular formula is C29H39N3O2. The molecule has 0 saturated heterocycles. The Bertz CT molecular complexity index is 1070. The molecule has 1 aliphatic carbocycles. The first-order valence-corrected chi connectivity index (χ1v) is 13.0. The highest BCUT2D eigenvalue weighted by molar-refractivity contribution is 5.80. The van der Waals surface area contributed by atoms with Crippen molar-refractivity contribution in [3.63, 3.8) is 0 Å². The number of hydrogen-bond acceptors (Lipinski definition) is 3. The maximum absolute atomic E-state index is 12.8. The van der Waals surface area contributed by atoms with Crippen molar-refractivity contribution in [1.29, 1.82) is 0 Å². The van der Waals surface area contributed by atoms with Gasteiger partial charge in [0.2, 0.25) is 5.91 Å². The number of carbonyl (C=O) groups is 1.